The molecule has 0 bridgehead atoms. The summed E-state index contributed by atoms with van der Waals surface area (Å²) in [6, 6.07) is 6.34. The summed E-state index contributed by atoms with van der Waals surface area (Å²) in [5.74, 6) is 5.24. The van der Waals surface area contributed by atoms with Crippen LogP contribution in [0.15, 0.2) is 29.2 Å². The molecular weight excluding hydrogens is 268 g/mol. The molecule has 19 heavy (non-hydrogen) atoms. The Morgan fingerprint density at radius 3 is 2.74 bits per heavy atom. The predicted molar refractivity (Wildman–Crippen MR) is 71.2 cm³/mol. The van der Waals surface area contributed by atoms with Gasteiger partial charge in [-0.05, 0) is 31.0 Å². The van der Waals surface area contributed by atoms with E-state index in [0.717, 1.165) is 6.26 Å². The lowest BCUT2D eigenvalue weighted by molar-refractivity contribution is -0.121. The molecule has 0 spiro atoms. The number of benzene rings is 1. The van der Waals surface area contributed by atoms with E-state index < -0.39 is 9.84 Å². The van der Waals surface area contributed by atoms with Crippen molar-refractivity contribution >= 4 is 15.7 Å². The Bertz CT molecular complexity index is 528. The number of unbranched alkanes of at least 4 members (excludes halogenated alkanes) is 1. The maximum atomic E-state index is 11.4. The zero-order valence-corrected chi connectivity index (χ0v) is 11.6. The summed E-state index contributed by atoms with van der Waals surface area (Å²) >= 11 is 0. The molecule has 106 valence electrons. The van der Waals surface area contributed by atoms with E-state index in [4.69, 9.17) is 10.6 Å². The Labute approximate surface area is 112 Å². The van der Waals surface area contributed by atoms with Crippen molar-refractivity contribution in [3.05, 3.63) is 24.3 Å². The number of amides is 1. The van der Waals surface area contributed by atoms with Crippen molar-refractivity contribution in [2.45, 2.75) is 24.2 Å². The number of sulfone groups is 1. The minimum atomic E-state index is -3.22. The summed E-state index contributed by atoms with van der Waals surface area (Å²) in [6.45, 7) is 0.422. The zero-order chi connectivity index (χ0) is 14.3. The lowest BCUT2D eigenvalue weighted by Crippen LogP contribution is -2.29. The molecular formula is C12H18N2O4S. The molecule has 0 aliphatic rings. The molecule has 0 saturated carbocycles. The first-order valence-corrected chi connectivity index (χ1v) is 7.75. The molecule has 0 saturated heterocycles. The molecule has 0 radical (unpaired) electrons. The average molecular weight is 286 g/mol. The van der Waals surface area contributed by atoms with E-state index in [1.165, 1.54) is 12.1 Å². The summed E-state index contributed by atoms with van der Waals surface area (Å²) < 4.78 is 28.1. The van der Waals surface area contributed by atoms with Crippen molar-refractivity contribution in [2.24, 2.45) is 5.84 Å². The van der Waals surface area contributed by atoms with Gasteiger partial charge in [0.05, 0.1) is 11.5 Å². The summed E-state index contributed by atoms with van der Waals surface area (Å²) in [5.41, 5.74) is 2.05. The predicted octanol–water partition coefficient (Wildman–Crippen LogP) is 0.629. The summed E-state index contributed by atoms with van der Waals surface area (Å²) in [5, 5.41) is 0. The molecule has 0 fully saturated rings. The Balaban J connectivity index is 2.40. The Kier molecular flexibility index (Phi) is 5.78. The number of nitrogens with one attached hydrogen (secondary N) is 1. The molecule has 1 aromatic carbocycles. The third kappa shape index (κ3) is 5.71. The van der Waals surface area contributed by atoms with Crippen LogP contribution in [0.1, 0.15) is 19.3 Å². The van der Waals surface area contributed by atoms with Gasteiger partial charge in [-0.3, -0.25) is 10.2 Å². The first kappa shape index (κ1) is 15.5. The SMILES string of the molecule is CS(=O)(=O)c1cccc(OCCCCC(=O)NN)c1. The Hall–Kier alpha value is -1.60. The molecule has 0 atom stereocenters. The average Bonchev–Trinajstić information content (AvgIpc) is 2.37. The molecule has 3 N–H and O–H groups in total. The van der Waals surface area contributed by atoms with Crippen molar-refractivity contribution in [1.82, 2.24) is 5.43 Å². The molecule has 1 aromatic rings. The van der Waals surface area contributed by atoms with Crippen LogP contribution in [-0.4, -0.2) is 27.2 Å². The molecule has 0 heterocycles. The van der Waals surface area contributed by atoms with Crippen LogP contribution >= 0.6 is 0 Å². The van der Waals surface area contributed by atoms with E-state index in [2.05, 4.69) is 5.43 Å². The van der Waals surface area contributed by atoms with Crippen molar-refractivity contribution in [3.8, 4) is 5.75 Å². The van der Waals surface area contributed by atoms with Crippen molar-refractivity contribution in [3.63, 3.8) is 0 Å². The maximum Gasteiger partial charge on any atom is 0.233 e. The minimum Gasteiger partial charge on any atom is -0.494 e. The lowest BCUT2D eigenvalue weighted by atomic mass is 10.2. The fraction of sp³-hybridized carbons (Fsp3) is 0.417. The van der Waals surface area contributed by atoms with Gasteiger partial charge in [0.2, 0.25) is 5.91 Å². The number of hydrogen-bond donors (Lipinski definition) is 2. The van der Waals surface area contributed by atoms with Crippen LogP contribution in [0.3, 0.4) is 0 Å². The standard InChI is InChI=1S/C12H18N2O4S/c1-19(16,17)11-6-4-5-10(9-11)18-8-3-2-7-12(15)14-13/h4-6,9H,2-3,7-8,13H2,1H3,(H,14,15). The fourth-order valence-electron chi connectivity index (χ4n) is 1.44. The monoisotopic (exact) mass is 286 g/mol. The second-order valence-electron chi connectivity index (χ2n) is 4.12. The van der Waals surface area contributed by atoms with Crippen LogP contribution in [-0.2, 0) is 14.6 Å². The number of hydrazine groups is 1. The number of nitrogens with two attached hydrogens (primary N) is 1. The largest absolute Gasteiger partial charge is 0.494 e. The van der Waals surface area contributed by atoms with E-state index in [0.29, 0.717) is 31.6 Å². The molecule has 0 aliphatic carbocycles. The van der Waals surface area contributed by atoms with Gasteiger partial charge < -0.3 is 4.74 Å². The smallest absolute Gasteiger partial charge is 0.233 e. The highest BCUT2D eigenvalue weighted by Gasteiger charge is 2.07. The number of ether oxygens (including phenoxy) is 1. The van der Waals surface area contributed by atoms with E-state index in [9.17, 15) is 13.2 Å². The first-order chi connectivity index (χ1) is 8.93. The molecule has 1 rings (SSSR count). The lowest BCUT2D eigenvalue weighted by Gasteiger charge is -2.07. The fourth-order valence-corrected chi connectivity index (χ4v) is 2.10. The molecule has 1 amide bonds. The van der Waals surface area contributed by atoms with Crippen LogP contribution < -0.4 is 16.0 Å². The van der Waals surface area contributed by atoms with Gasteiger partial charge in [0.1, 0.15) is 5.75 Å². The summed E-state index contributed by atoms with van der Waals surface area (Å²) in [7, 11) is -3.22. The minimum absolute atomic E-state index is 0.209. The normalized spacial score (nSPS) is 11.1. The number of carbonyl (C=O) groups excluding carboxylic acids is 1. The van der Waals surface area contributed by atoms with E-state index in [1.807, 2.05) is 0 Å². The second kappa shape index (κ2) is 7.10. The van der Waals surface area contributed by atoms with Gasteiger partial charge in [-0.2, -0.15) is 0 Å². The second-order valence-corrected chi connectivity index (χ2v) is 6.14. The quantitative estimate of drug-likeness (QED) is 0.331. The van der Waals surface area contributed by atoms with Crippen LogP contribution in [0.4, 0.5) is 0 Å². The van der Waals surface area contributed by atoms with Crippen LogP contribution in [0.2, 0.25) is 0 Å². The van der Waals surface area contributed by atoms with Crippen LogP contribution in [0, 0.1) is 0 Å². The van der Waals surface area contributed by atoms with Crippen molar-refractivity contribution < 1.29 is 17.9 Å². The zero-order valence-electron chi connectivity index (χ0n) is 10.8. The highest BCUT2D eigenvalue weighted by molar-refractivity contribution is 7.90. The third-order valence-corrected chi connectivity index (χ3v) is 3.57. The van der Waals surface area contributed by atoms with Crippen molar-refractivity contribution in [1.29, 1.82) is 0 Å². The summed E-state index contributed by atoms with van der Waals surface area (Å²) in [4.78, 5) is 11.1. The van der Waals surface area contributed by atoms with E-state index in [-0.39, 0.29) is 10.8 Å². The number of hydrogen-bond acceptors (Lipinski definition) is 5. The molecule has 6 nitrogen and oxygen atoms in total. The van der Waals surface area contributed by atoms with Gasteiger partial charge in [-0.1, -0.05) is 6.07 Å². The van der Waals surface area contributed by atoms with Gasteiger partial charge in [0.25, 0.3) is 0 Å². The first-order valence-electron chi connectivity index (χ1n) is 5.86. The molecule has 0 aliphatic heterocycles. The topological polar surface area (TPSA) is 98.5 Å². The van der Waals surface area contributed by atoms with Crippen LogP contribution in [0.5, 0.6) is 5.75 Å². The molecule has 7 heteroatoms. The van der Waals surface area contributed by atoms with Gasteiger partial charge >= 0.3 is 0 Å². The number of rotatable bonds is 7. The summed E-state index contributed by atoms with van der Waals surface area (Å²) in [6.07, 6.45) is 2.85. The number of carbonyl (C=O) groups is 1. The van der Waals surface area contributed by atoms with Gasteiger partial charge in [-0.25, -0.2) is 14.3 Å². The van der Waals surface area contributed by atoms with Gasteiger partial charge in [-0.15, -0.1) is 0 Å². The molecule has 0 aromatic heterocycles. The van der Waals surface area contributed by atoms with E-state index in [1.54, 1.807) is 12.1 Å². The highest BCUT2D eigenvalue weighted by Crippen LogP contribution is 2.17. The Morgan fingerprint density at radius 1 is 1.37 bits per heavy atom. The van der Waals surface area contributed by atoms with Crippen molar-refractivity contribution in [2.75, 3.05) is 12.9 Å². The van der Waals surface area contributed by atoms with Gasteiger partial charge in [0, 0.05) is 12.7 Å². The third-order valence-electron chi connectivity index (χ3n) is 2.46. The van der Waals surface area contributed by atoms with E-state index >= 15 is 0 Å². The Morgan fingerprint density at radius 2 is 2.11 bits per heavy atom. The van der Waals surface area contributed by atoms with Gasteiger partial charge in [0.15, 0.2) is 9.84 Å². The highest BCUT2D eigenvalue weighted by atomic mass is 32.2. The molecule has 0 unspecified atom stereocenters. The van der Waals surface area contributed by atoms with Crippen LogP contribution in [0.25, 0.3) is 0 Å². The maximum absolute atomic E-state index is 11.4.